The van der Waals surface area contributed by atoms with Gasteiger partial charge in [-0.25, -0.2) is 4.98 Å². The summed E-state index contributed by atoms with van der Waals surface area (Å²) in [6.07, 6.45) is 6.96. The number of aromatic nitrogens is 5. The first-order chi connectivity index (χ1) is 15.5. The second-order valence-corrected chi connectivity index (χ2v) is 7.54. The number of anilines is 2. The molecule has 3 N–H and O–H groups in total. The van der Waals surface area contributed by atoms with Gasteiger partial charge in [-0.2, -0.15) is 5.10 Å². The number of rotatable bonds is 6. The first kappa shape index (κ1) is 21.0. The minimum absolute atomic E-state index is 0.359. The third-order valence-electron chi connectivity index (χ3n) is 4.94. The molecule has 0 bridgehead atoms. The minimum Gasteiger partial charge on any atom is -0.396 e. The lowest BCUT2D eigenvalue weighted by Crippen LogP contribution is -2.05. The van der Waals surface area contributed by atoms with Gasteiger partial charge in [-0.3, -0.25) is 15.0 Å². The molecule has 0 aliphatic rings. The maximum Gasteiger partial charge on any atom is 0.154 e. The summed E-state index contributed by atoms with van der Waals surface area (Å²) in [7, 11) is 1.70. The number of nitrogens with one attached hydrogen (secondary N) is 1. The predicted octanol–water partition coefficient (Wildman–Crippen LogP) is 4.21. The van der Waals surface area contributed by atoms with Gasteiger partial charge in [0.05, 0.1) is 28.6 Å². The van der Waals surface area contributed by atoms with Gasteiger partial charge in [0.1, 0.15) is 5.82 Å². The van der Waals surface area contributed by atoms with Crippen molar-refractivity contribution in [3.8, 4) is 0 Å². The molecule has 160 valence electrons. The highest BCUT2D eigenvalue weighted by Gasteiger charge is 2.11. The Morgan fingerprint density at radius 1 is 1.03 bits per heavy atom. The molecule has 0 saturated carbocycles. The number of nitrogens with two attached hydrogens (primary N) is 1. The van der Waals surface area contributed by atoms with Gasteiger partial charge in [0.2, 0.25) is 0 Å². The van der Waals surface area contributed by atoms with E-state index in [1.165, 1.54) is 0 Å². The normalized spacial score (nSPS) is 12.4. The topological polar surface area (TPSA) is 115 Å². The van der Waals surface area contributed by atoms with Crippen LogP contribution in [0.1, 0.15) is 36.6 Å². The van der Waals surface area contributed by atoms with E-state index in [2.05, 4.69) is 44.3 Å². The summed E-state index contributed by atoms with van der Waals surface area (Å²) in [6, 6.07) is 13.3. The zero-order valence-electron chi connectivity index (χ0n) is 18.2. The summed E-state index contributed by atoms with van der Waals surface area (Å²) in [5.41, 5.74) is 11.7. The Balaban J connectivity index is 1.72. The zero-order chi connectivity index (χ0) is 22.5. The number of fused-ring (bicyclic) bond motifs is 1. The highest BCUT2D eigenvalue weighted by Crippen LogP contribution is 2.24. The fourth-order valence-electron chi connectivity index (χ4n) is 3.20. The maximum absolute atomic E-state index is 6.42. The van der Waals surface area contributed by atoms with Gasteiger partial charge in [0.25, 0.3) is 0 Å². The van der Waals surface area contributed by atoms with Crippen LogP contribution < -0.4 is 11.1 Å². The standard InChI is InChI=1S/C24H24N8/c1-15(2)16-11-23(32-29-13-16)31-22-8-7-19-21(30-22)10-17(12-28-19)18(14-26-3)24(25)20-6-4-5-9-27-20/h4-15H,25H2,1-3H3,(H,30,31,32). The Hall–Kier alpha value is -4.20. The summed E-state index contributed by atoms with van der Waals surface area (Å²) in [5, 5.41) is 11.5. The molecule has 4 heterocycles. The second-order valence-electron chi connectivity index (χ2n) is 7.54. The van der Waals surface area contributed by atoms with Crippen molar-refractivity contribution in [2.75, 3.05) is 12.4 Å². The van der Waals surface area contributed by atoms with Gasteiger partial charge < -0.3 is 11.1 Å². The third-order valence-corrected chi connectivity index (χ3v) is 4.94. The molecule has 0 amide bonds. The fraction of sp³-hybridized carbons (Fsp3) is 0.167. The molecule has 8 heteroatoms. The third kappa shape index (κ3) is 4.59. The second kappa shape index (κ2) is 9.30. The maximum atomic E-state index is 6.42. The number of pyridine rings is 3. The van der Waals surface area contributed by atoms with Crippen LogP contribution in [0.3, 0.4) is 0 Å². The first-order valence-corrected chi connectivity index (χ1v) is 10.3. The van der Waals surface area contributed by atoms with Gasteiger partial charge in [-0.15, -0.1) is 5.10 Å². The van der Waals surface area contributed by atoms with Crippen LogP contribution in [0.5, 0.6) is 0 Å². The minimum atomic E-state index is 0.359. The zero-order valence-corrected chi connectivity index (χ0v) is 18.2. The molecule has 4 rings (SSSR count). The van der Waals surface area contributed by atoms with E-state index >= 15 is 0 Å². The lowest BCUT2D eigenvalue weighted by atomic mass is 10.0. The lowest BCUT2D eigenvalue weighted by Gasteiger charge is -2.10. The Morgan fingerprint density at radius 3 is 2.66 bits per heavy atom. The van der Waals surface area contributed by atoms with Crippen molar-refractivity contribution < 1.29 is 0 Å². The van der Waals surface area contributed by atoms with Crippen LogP contribution in [0.15, 0.2) is 66.0 Å². The van der Waals surface area contributed by atoms with Gasteiger partial charge in [-0.1, -0.05) is 19.9 Å². The smallest absolute Gasteiger partial charge is 0.154 e. The van der Waals surface area contributed by atoms with Crippen LogP contribution in [0.25, 0.3) is 22.3 Å². The molecule has 0 unspecified atom stereocenters. The Kier molecular flexibility index (Phi) is 6.12. The van der Waals surface area contributed by atoms with Crippen LogP contribution in [0.2, 0.25) is 0 Å². The SMILES string of the molecule is CN=CC(=C(N)c1ccccn1)c1cnc2ccc(Nc3cc(C(C)C)cnn3)nc2c1. The van der Waals surface area contributed by atoms with Gasteiger partial charge in [0, 0.05) is 36.8 Å². The Morgan fingerprint density at radius 2 is 1.91 bits per heavy atom. The molecule has 0 saturated heterocycles. The van der Waals surface area contributed by atoms with E-state index in [4.69, 9.17) is 10.7 Å². The van der Waals surface area contributed by atoms with E-state index in [1.807, 2.05) is 42.5 Å². The van der Waals surface area contributed by atoms with Crippen molar-refractivity contribution in [3.63, 3.8) is 0 Å². The molecule has 0 aliphatic heterocycles. The largest absolute Gasteiger partial charge is 0.396 e. The quantitative estimate of drug-likeness (QED) is 0.446. The number of hydrogen-bond donors (Lipinski definition) is 2. The number of nitrogens with zero attached hydrogens (tertiary/aromatic N) is 6. The van der Waals surface area contributed by atoms with Crippen molar-refractivity contribution in [1.29, 1.82) is 0 Å². The van der Waals surface area contributed by atoms with Crippen molar-refractivity contribution in [1.82, 2.24) is 25.1 Å². The van der Waals surface area contributed by atoms with Crippen LogP contribution >= 0.6 is 0 Å². The molecule has 4 aromatic rings. The molecule has 0 spiro atoms. The number of hydrogen-bond acceptors (Lipinski definition) is 8. The van der Waals surface area contributed by atoms with Crippen molar-refractivity contribution in [3.05, 3.63) is 77.9 Å². The summed E-state index contributed by atoms with van der Waals surface area (Å²) >= 11 is 0. The molecular weight excluding hydrogens is 400 g/mol. The van der Waals surface area contributed by atoms with Crippen LogP contribution in [0.4, 0.5) is 11.6 Å². The van der Waals surface area contributed by atoms with Crippen molar-refractivity contribution in [2.24, 2.45) is 10.7 Å². The van der Waals surface area contributed by atoms with Gasteiger partial charge >= 0.3 is 0 Å². The summed E-state index contributed by atoms with van der Waals surface area (Å²) in [6.45, 7) is 4.23. The number of allylic oxidation sites excluding steroid dienone is 1. The van der Waals surface area contributed by atoms with E-state index in [0.717, 1.165) is 27.7 Å². The van der Waals surface area contributed by atoms with Crippen molar-refractivity contribution >= 4 is 40.2 Å². The molecule has 0 fully saturated rings. The Bertz CT molecular complexity index is 1300. The fourth-order valence-corrected chi connectivity index (χ4v) is 3.20. The average Bonchev–Trinajstić information content (AvgIpc) is 2.82. The molecule has 0 aromatic carbocycles. The van der Waals surface area contributed by atoms with E-state index < -0.39 is 0 Å². The molecular formula is C24H24N8. The average molecular weight is 425 g/mol. The van der Waals surface area contributed by atoms with Crippen LogP contribution in [-0.2, 0) is 0 Å². The molecule has 8 nitrogen and oxygen atoms in total. The molecule has 32 heavy (non-hydrogen) atoms. The van der Waals surface area contributed by atoms with Crippen molar-refractivity contribution in [2.45, 2.75) is 19.8 Å². The van der Waals surface area contributed by atoms with E-state index in [9.17, 15) is 0 Å². The van der Waals surface area contributed by atoms with E-state index in [-0.39, 0.29) is 0 Å². The molecule has 0 aliphatic carbocycles. The lowest BCUT2D eigenvalue weighted by molar-refractivity contribution is 0.843. The van der Waals surface area contributed by atoms with Crippen LogP contribution in [-0.4, -0.2) is 38.4 Å². The monoisotopic (exact) mass is 424 g/mol. The Labute approximate surface area is 186 Å². The summed E-state index contributed by atoms with van der Waals surface area (Å²) in [5.74, 6) is 1.65. The summed E-state index contributed by atoms with van der Waals surface area (Å²) < 4.78 is 0. The van der Waals surface area contributed by atoms with Crippen LogP contribution in [0, 0.1) is 0 Å². The molecule has 4 aromatic heterocycles. The summed E-state index contributed by atoms with van der Waals surface area (Å²) in [4.78, 5) is 17.8. The molecule has 0 radical (unpaired) electrons. The highest BCUT2D eigenvalue weighted by atomic mass is 15.2. The number of aliphatic imine (C=N–C) groups is 1. The van der Waals surface area contributed by atoms with E-state index in [1.54, 1.807) is 31.9 Å². The van der Waals surface area contributed by atoms with Gasteiger partial charge in [0.15, 0.2) is 5.82 Å². The highest BCUT2D eigenvalue weighted by molar-refractivity contribution is 6.18. The van der Waals surface area contributed by atoms with E-state index in [0.29, 0.717) is 28.9 Å². The predicted molar refractivity (Wildman–Crippen MR) is 129 cm³/mol. The first-order valence-electron chi connectivity index (χ1n) is 10.3. The molecule has 0 atom stereocenters. The van der Waals surface area contributed by atoms with Gasteiger partial charge in [-0.05, 0) is 47.9 Å².